The summed E-state index contributed by atoms with van der Waals surface area (Å²) in [6, 6.07) is 7.89. The van der Waals surface area contributed by atoms with Crippen molar-refractivity contribution < 1.29 is 9.59 Å². The number of carbonyl (C=O) groups is 2. The number of imide groups is 1. The molecule has 1 saturated carbocycles. The average Bonchev–Trinajstić information content (AvgIpc) is 2.72. The molecular weight excluding hydrogens is 308 g/mol. The number of amides is 3. The second kappa shape index (κ2) is 5.74. The van der Waals surface area contributed by atoms with E-state index in [1.165, 1.54) is 5.56 Å². The molecule has 0 radical (unpaired) electrons. The maximum Gasteiger partial charge on any atom is 0.321 e. The van der Waals surface area contributed by atoms with Gasteiger partial charge < -0.3 is 5.32 Å². The molecule has 3 amide bonds. The number of urea groups is 1. The van der Waals surface area contributed by atoms with Gasteiger partial charge in [0, 0.05) is 10.0 Å². The molecule has 5 heteroatoms. The van der Waals surface area contributed by atoms with E-state index in [-0.39, 0.29) is 5.54 Å². The molecule has 0 spiro atoms. The van der Waals surface area contributed by atoms with E-state index < -0.39 is 6.03 Å². The fraction of sp³-hybridized carbons (Fsp3) is 0.429. The van der Waals surface area contributed by atoms with Crippen LogP contribution in [0.4, 0.5) is 4.79 Å². The summed E-state index contributed by atoms with van der Waals surface area (Å²) >= 11 is 3.43. The lowest BCUT2D eigenvalue weighted by molar-refractivity contribution is -0.108. The quantitative estimate of drug-likeness (QED) is 0.840. The summed E-state index contributed by atoms with van der Waals surface area (Å²) in [5.41, 5.74) is 1.05. The molecule has 1 aromatic carbocycles. The number of hydrogen-bond acceptors (Lipinski definition) is 2. The molecule has 1 fully saturated rings. The van der Waals surface area contributed by atoms with E-state index in [2.05, 4.69) is 38.7 Å². The van der Waals surface area contributed by atoms with Gasteiger partial charge in [0.15, 0.2) is 0 Å². The van der Waals surface area contributed by atoms with Crippen LogP contribution in [0.3, 0.4) is 0 Å². The van der Waals surface area contributed by atoms with Gasteiger partial charge in [0.25, 0.3) is 0 Å². The first-order chi connectivity index (χ1) is 9.02. The average molecular weight is 325 g/mol. The van der Waals surface area contributed by atoms with Gasteiger partial charge in [-0.3, -0.25) is 10.1 Å². The van der Waals surface area contributed by atoms with Crippen molar-refractivity contribution >= 4 is 28.4 Å². The van der Waals surface area contributed by atoms with E-state index in [1.54, 1.807) is 0 Å². The molecule has 0 saturated heterocycles. The van der Waals surface area contributed by atoms with Crippen molar-refractivity contribution in [2.45, 2.75) is 37.6 Å². The van der Waals surface area contributed by atoms with E-state index in [9.17, 15) is 9.59 Å². The minimum Gasteiger partial charge on any atom is -0.333 e. The van der Waals surface area contributed by atoms with Gasteiger partial charge in [-0.25, -0.2) is 4.79 Å². The molecular formula is C14H17BrN2O2. The fourth-order valence-corrected chi connectivity index (χ4v) is 3.00. The molecule has 1 unspecified atom stereocenters. The molecule has 0 bridgehead atoms. The third-order valence-electron chi connectivity index (χ3n) is 3.69. The topological polar surface area (TPSA) is 58.2 Å². The summed E-state index contributed by atoms with van der Waals surface area (Å²) in [6.07, 6.45) is 3.25. The van der Waals surface area contributed by atoms with Crippen LogP contribution in [0.2, 0.25) is 0 Å². The molecule has 0 heterocycles. The first kappa shape index (κ1) is 14.1. The molecule has 102 valence electrons. The highest BCUT2D eigenvalue weighted by molar-refractivity contribution is 9.10. The first-order valence-electron chi connectivity index (χ1n) is 6.30. The molecule has 1 aliphatic carbocycles. The standard InChI is InChI=1S/C14H17BrN2O2/c1-14(17-13(19)16-9-18)7-6-11(8-14)10-2-4-12(15)5-3-10/h2-5,9,11H,6-8H2,1H3,(H2,16,17,18,19)/t11-,14?/m1/s1. The Kier molecular flexibility index (Phi) is 4.24. The lowest BCUT2D eigenvalue weighted by Crippen LogP contribution is -2.48. The summed E-state index contributed by atoms with van der Waals surface area (Å²) in [7, 11) is 0. The molecule has 1 aliphatic rings. The van der Waals surface area contributed by atoms with Crippen LogP contribution in [0.1, 0.15) is 37.7 Å². The Morgan fingerprint density at radius 1 is 1.42 bits per heavy atom. The van der Waals surface area contributed by atoms with Crippen molar-refractivity contribution in [3.05, 3.63) is 34.3 Å². The number of halogens is 1. The maximum absolute atomic E-state index is 11.4. The van der Waals surface area contributed by atoms with Crippen molar-refractivity contribution in [2.75, 3.05) is 0 Å². The van der Waals surface area contributed by atoms with Crippen LogP contribution in [0.25, 0.3) is 0 Å². The fourth-order valence-electron chi connectivity index (χ4n) is 2.74. The molecule has 2 atom stereocenters. The third-order valence-corrected chi connectivity index (χ3v) is 4.22. The van der Waals surface area contributed by atoms with Gasteiger partial charge in [0.2, 0.25) is 6.41 Å². The summed E-state index contributed by atoms with van der Waals surface area (Å²) in [6.45, 7) is 2.02. The number of carbonyl (C=O) groups excluding carboxylic acids is 2. The van der Waals surface area contributed by atoms with Gasteiger partial charge in [0.1, 0.15) is 0 Å². The van der Waals surface area contributed by atoms with Gasteiger partial charge in [-0.05, 0) is 49.8 Å². The Labute approximate surface area is 121 Å². The highest BCUT2D eigenvalue weighted by Crippen LogP contribution is 2.40. The Hall–Kier alpha value is -1.36. The van der Waals surface area contributed by atoms with Gasteiger partial charge in [-0.1, -0.05) is 28.1 Å². The molecule has 1 aromatic rings. The lowest BCUT2D eigenvalue weighted by atomic mass is 9.94. The highest BCUT2D eigenvalue weighted by atomic mass is 79.9. The predicted octanol–water partition coefficient (Wildman–Crippen LogP) is 2.93. The number of hydrogen-bond donors (Lipinski definition) is 2. The van der Waals surface area contributed by atoms with E-state index in [0.717, 1.165) is 23.7 Å². The second-order valence-corrected chi connectivity index (χ2v) is 6.18. The summed E-state index contributed by atoms with van der Waals surface area (Å²) < 4.78 is 1.07. The van der Waals surface area contributed by atoms with Crippen molar-refractivity contribution in [3.8, 4) is 0 Å². The first-order valence-corrected chi connectivity index (χ1v) is 7.09. The van der Waals surface area contributed by atoms with Crippen LogP contribution in [0.5, 0.6) is 0 Å². The summed E-state index contributed by atoms with van der Waals surface area (Å²) in [5, 5.41) is 5.00. The van der Waals surface area contributed by atoms with Crippen molar-refractivity contribution in [3.63, 3.8) is 0 Å². The molecule has 4 nitrogen and oxygen atoms in total. The zero-order valence-corrected chi connectivity index (χ0v) is 12.4. The van der Waals surface area contributed by atoms with Crippen molar-refractivity contribution in [1.82, 2.24) is 10.6 Å². The van der Waals surface area contributed by atoms with E-state index in [1.807, 2.05) is 19.1 Å². The van der Waals surface area contributed by atoms with E-state index >= 15 is 0 Å². The van der Waals surface area contributed by atoms with Gasteiger partial charge in [-0.2, -0.15) is 0 Å². The summed E-state index contributed by atoms with van der Waals surface area (Å²) in [5.74, 6) is 0.453. The molecule has 19 heavy (non-hydrogen) atoms. The van der Waals surface area contributed by atoms with Crippen LogP contribution in [0, 0.1) is 0 Å². The Bertz CT molecular complexity index is 475. The third kappa shape index (κ3) is 3.56. The second-order valence-electron chi connectivity index (χ2n) is 5.27. The SMILES string of the molecule is CC1(NC(=O)NC=O)CC[C@@H](c2ccc(Br)cc2)C1. The smallest absolute Gasteiger partial charge is 0.321 e. The normalized spacial score (nSPS) is 25.9. The maximum atomic E-state index is 11.4. The van der Waals surface area contributed by atoms with Crippen molar-refractivity contribution in [1.29, 1.82) is 0 Å². The molecule has 0 aliphatic heterocycles. The zero-order valence-electron chi connectivity index (χ0n) is 10.8. The molecule has 0 aromatic heterocycles. The monoisotopic (exact) mass is 324 g/mol. The number of benzene rings is 1. The Balaban J connectivity index is 2.00. The predicted molar refractivity (Wildman–Crippen MR) is 76.9 cm³/mol. The van der Waals surface area contributed by atoms with Crippen LogP contribution in [-0.2, 0) is 4.79 Å². The van der Waals surface area contributed by atoms with Crippen molar-refractivity contribution in [2.24, 2.45) is 0 Å². The van der Waals surface area contributed by atoms with Gasteiger partial charge in [0.05, 0.1) is 0 Å². The van der Waals surface area contributed by atoms with E-state index in [4.69, 9.17) is 0 Å². The van der Waals surface area contributed by atoms with Gasteiger partial charge >= 0.3 is 6.03 Å². The van der Waals surface area contributed by atoms with Crippen LogP contribution < -0.4 is 10.6 Å². The molecule has 2 N–H and O–H groups in total. The van der Waals surface area contributed by atoms with Crippen LogP contribution >= 0.6 is 15.9 Å². The highest BCUT2D eigenvalue weighted by Gasteiger charge is 2.36. The Morgan fingerprint density at radius 3 is 2.74 bits per heavy atom. The van der Waals surface area contributed by atoms with Crippen LogP contribution in [0.15, 0.2) is 28.7 Å². The van der Waals surface area contributed by atoms with Crippen LogP contribution in [-0.4, -0.2) is 18.0 Å². The Morgan fingerprint density at radius 2 is 2.11 bits per heavy atom. The molecule has 2 rings (SSSR count). The lowest BCUT2D eigenvalue weighted by Gasteiger charge is -2.25. The summed E-state index contributed by atoms with van der Waals surface area (Å²) in [4.78, 5) is 21.7. The van der Waals surface area contributed by atoms with E-state index in [0.29, 0.717) is 12.3 Å². The minimum absolute atomic E-state index is 0.245. The largest absolute Gasteiger partial charge is 0.333 e. The number of nitrogens with one attached hydrogen (secondary N) is 2. The zero-order chi connectivity index (χ0) is 13.9. The number of rotatable bonds is 3. The van der Waals surface area contributed by atoms with Gasteiger partial charge in [-0.15, -0.1) is 0 Å². The minimum atomic E-state index is -0.422.